The summed E-state index contributed by atoms with van der Waals surface area (Å²) in [6.07, 6.45) is 2.41. The van der Waals surface area contributed by atoms with Gasteiger partial charge in [0.1, 0.15) is 24.2 Å². The van der Waals surface area contributed by atoms with Gasteiger partial charge < -0.3 is 20.9 Å². The molecule has 0 radical (unpaired) electrons. The molecule has 4 heterocycles. The lowest BCUT2D eigenvalue weighted by Gasteiger charge is -2.38. The Kier molecular flexibility index (Phi) is 5.64. The SMILES string of the molecule is CC(=O)Nc1ccc(-c2cnc(C3CCC4C(=O)N(c5cc(Cl)ccc5N)CC(=O)N43)[nH]2)c(F)n1. The first-order chi connectivity index (χ1) is 16.7. The van der Waals surface area contributed by atoms with E-state index in [0.717, 1.165) is 0 Å². The number of nitrogens with zero attached hydrogens (tertiary/aromatic N) is 4. The number of nitrogens with two attached hydrogens (primary N) is 1. The minimum atomic E-state index is -0.783. The van der Waals surface area contributed by atoms with Crippen molar-refractivity contribution in [3.05, 3.63) is 53.3 Å². The molecule has 2 aliphatic heterocycles. The van der Waals surface area contributed by atoms with Crippen molar-refractivity contribution in [2.24, 2.45) is 0 Å². The Morgan fingerprint density at radius 1 is 1.23 bits per heavy atom. The summed E-state index contributed by atoms with van der Waals surface area (Å²) in [7, 11) is 0. The Labute approximate surface area is 204 Å². The van der Waals surface area contributed by atoms with Crippen molar-refractivity contribution in [1.82, 2.24) is 19.9 Å². The fourth-order valence-electron chi connectivity index (χ4n) is 4.63. The molecule has 2 aliphatic rings. The summed E-state index contributed by atoms with van der Waals surface area (Å²) in [5, 5.41) is 2.84. The first-order valence-corrected chi connectivity index (χ1v) is 11.3. The summed E-state index contributed by atoms with van der Waals surface area (Å²) in [4.78, 5) is 51.7. The quantitative estimate of drug-likeness (QED) is 0.374. The molecule has 2 fully saturated rings. The lowest BCUT2D eigenvalue weighted by molar-refractivity contribution is -0.143. The molecular formula is C23H21ClFN7O3. The molecule has 0 aliphatic carbocycles. The number of imidazole rings is 1. The number of benzene rings is 1. The van der Waals surface area contributed by atoms with Crippen LogP contribution in [0.2, 0.25) is 5.02 Å². The molecule has 12 heteroatoms. The maximum atomic E-state index is 14.6. The Balaban J connectivity index is 1.39. The van der Waals surface area contributed by atoms with Crippen LogP contribution in [-0.2, 0) is 14.4 Å². The van der Waals surface area contributed by atoms with Gasteiger partial charge in [-0.1, -0.05) is 11.6 Å². The average molecular weight is 498 g/mol. The summed E-state index contributed by atoms with van der Waals surface area (Å²) in [6.45, 7) is 1.13. The number of rotatable bonds is 4. The van der Waals surface area contributed by atoms with E-state index in [1.807, 2.05) is 0 Å². The van der Waals surface area contributed by atoms with E-state index in [-0.39, 0.29) is 35.6 Å². The topological polar surface area (TPSA) is 137 Å². The Morgan fingerprint density at radius 2 is 2.00 bits per heavy atom. The van der Waals surface area contributed by atoms with Crippen LogP contribution in [0.5, 0.6) is 0 Å². The number of H-pyrrole nitrogens is 1. The average Bonchev–Trinajstić information content (AvgIpc) is 3.45. The summed E-state index contributed by atoms with van der Waals surface area (Å²) in [5.74, 6) is -1.08. The van der Waals surface area contributed by atoms with Crippen LogP contribution in [0.25, 0.3) is 11.3 Å². The number of hydrogen-bond donors (Lipinski definition) is 3. The lowest BCUT2D eigenvalue weighted by atomic mass is 10.1. The van der Waals surface area contributed by atoms with Gasteiger partial charge in [0, 0.05) is 11.9 Å². The second-order valence-corrected chi connectivity index (χ2v) is 8.87. The maximum Gasteiger partial charge on any atom is 0.250 e. The molecule has 0 bridgehead atoms. The van der Waals surface area contributed by atoms with E-state index < -0.39 is 18.0 Å². The zero-order valence-electron chi connectivity index (χ0n) is 18.6. The standard InChI is InChI=1S/C23H21ClFN7O3/c1-11(33)28-19-7-3-13(21(25)30-19)15-9-27-22(29-15)16-5-6-17-23(35)31(10-20(34)32(16)17)18-8-12(24)2-4-14(18)26/h2-4,7-9,16-17H,5-6,10,26H2,1H3,(H,27,29)(H,28,30,33). The van der Waals surface area contributed by atoms with Gasteiger partial charge in [0.05, 0.1) is 34.9 Å². The Bertz CT molecular complexity index is 1360. The van der Waals surface area contributed by atoms with Crippen LogP contribution in [0, 0.1) is 5.95 Å². The second-order valence-electron chi connectivity index (χ2n) is 8.44. The molecule has 180 valence electrons. The number of aromatic nitrogens is 3. The van der Waals surface area contributed by atoms with Crippen LogP contribution in [0.15, 0.2) is 36.5 Å². The third-order valence-electron chi connectivity index (χ3n) is 6.15. The lowest BCUT2D eigenvalue weighted by Crippen LogP contribution is -2.58. The maximum absolute atomic E-state index is 14.6. The number of pyridine rings is 1. The smallest absolute Gasteiger partial charge is 0.250 e. The van der Waals surface area contributed by atoms with Crippen LogP contribution in [0.1, 0.15) is 31.6 Å². The fraction of sp³-hybridized carbons (Fsp3) is 0.261. The number of carbonyl (C=O) groups is 3. The molecule has 2 unspecified atom stereocenters. The molecule has 0 spiro atoms. The van der Waals surface area contributed by atoms with Crippen LogP contribution in [0.3, 0.4) is 0 Å². The number of halogens is 2. The molecule has 3 aromatic rings. The number of carbonyl (C=O) groups excluding carboxylic acids is 3. The number of amides is 3. The molecule has 4 N–H and O–H groups in total. The van der Waals surface area contributed by atoms with Crippen molar-refractivity contribution < 1.29 is 18.8 Å². The first-order valence-electron chi connectivity index (χ1n) is 10.9. The third-order valence-corrected chi connectivity index (χ3v) is 6.39. The normalized spacial score (nSPS) is 19.7. The first kappa shape index (κ1) is 22.8. The third kappa shape index (κ3) is 4.08. The van der Waals surface area contributed by atoms with Crippen LogP contribution >= 0.6 is 11.6 Å². The van der Waals surface area contributed by atoms with Crippen molar-refractivity contribution in [3.63, 3.8) is 0 Å². The second kappa shape index (κ2) is 8.66. The highest BCUT2D eigenvalue weighted by molar-refractivity contribution is 6.31. The van der Waals surface area contributed by atoms with Gasteiger partial charge in [-0.15, -0.1) is 0 Å². The van der Waals surface area contributed by atoms with Gasteiger partial charge >= 0.3 is 0 Å². The minimum absolute atomic E-state index is 0.0967. The van der Waals surface area contributed by atoms with E-state index in [9.17, 15) is 18.8 Å². The molecule has 1 aromatic carbocycles. The molecule has 5 rings (SSSR count). The minimum Gasteiger partial charge on any atom is -0.397 e. The highest BCUT2D eigenvalue weighted by Gasteiger charge is 2.48. The number of aromatic amines is 1. The highest BCUT2D eigenvalue weighted by atomic mass is 35.5. The molecule has 35 heavy (non-hydrogen) atoms. The van der Waals surface area contributed by atoms with Crippen molar-refractivity contribution >= 4 is 46.5 Å². The van der Waals surface area contributed by atoms with E-state index in [1.54, 1.807) is 18.2 Å². The van der Waals surface area contributed by atoms with E-state index in [4.69, 9.17) is 17.3 Å². The van der Waals surface area contributed by atoms with E-state index in [0.29, 0.717) is 40.8 Å². The van der Waals surface area contributed by atoms with Crippen LogP contribution in [0.4, 0.5) is 21.6 Å². The van der Waals surface area contributed by atoms with Crippen LogP contribution < -0.4 is 16.0 Å². The molecule has 0 saturated carbocycles. The zero-order chi connectivity index (χ0) is 24.9. The largest absolute Gasteiger partial charge is 0.397 e. The van der Waals surface area contributed by atoms with Crippen molar-refractivity contribution in [2.45, 2.75) is 31.8 Å². The Hall–Kier alpha value is -3.99. The van der Waals surface area contributed by atoms with Gasteiger partial charge in [-0.05, 0) is 43.2 Å². The van der Waals surface area contributed by atoms with Gasteiger partial charge in [-0.3, -0.25) is 19.3 Å². The summed E-state index contributed by atoms with van der Waals surface area (Å²) < 4.78 is 14.6. The number of piperazine rings is 1. The predicted octanol–water partition coefficient (Wildman–Crippen LogP) is 2.88. The Morgan fingerprint density at radius 3 is 2.74 bits per heavy atom. The van der Waals surface area contributed by atoms with Gasteiger partial charge in [-0.2, -0.15) is 4.39 Å². The number of fused-ring (bicyclic) bond motifs is 1. The monoisotopic (exact) mass is 497 g/mol. The number of hydrogen-bond acceptors (Lipinski definition) is 6. The molecular weight excluding hydrogens is 477 g/mol. The predicted molar refractivity (Wildman–Crippen MR) is 127 cm³/mol. The van der Waals surface area contributed by atoms with Crippen molar-refractivity contribution in [3.8, 4) is 11.3 Å². The van der Waals surface area contributed by atoms with Crippen LogP contribution in [-0.4, -0.2) is 50.2 Å². The van der Waals surface area contributed by atoms with E-state index >= 15 is 0 Å². The number of nitrogens with one attached hydrogen (secondary N) is 2. The molecule has 10 nitrogen and oxygen atoms in total. The molecule has 2 atom stereocenters. The molecule has 3 amide bonds. The van der Waals surface area contributed by atoms with Gasteiger partial charge in [0.2, 0.25) is 23.7 Å². The van der Waals surface area contributed by atoms with E-state index in [2.05, 4.69) is 20.3 Å². The fourth-order valence-corrected chi connectivity index (χ4v) is 4.79. The number of nitrogen functional groups attached to an aromatic ring is 1. The summed E-state index contributed by atoms with van der Waals surface area (Å²) in [5.41, 5.74) is 7.33. The molecule has 2 aromatic heterocycles. The van der Waals surface area contributed by atoms with Crippen molar-refractivity contribution in [2.75, 3.05) is 22.5 Å². The van der Waals surface area contributed by atoms with Gasteiger partial charge in [0.25, 0.3) is 0 Å². The summed E-state index contributed by atoms with van der Waals surface area (Å²) >= 11 is 6.08. The van der Waals surface area contributed by atoms with Crippen molar-refractivity contribution in [1.29, 1.82) is 0 Å². The van der Waals surface area contributed by atoms with Gasteiger partial charge in [-0.25, -0.2) is 9.97 Å². The zero-order valence-corrected chi connectivity index (χ0v) is 19.3. The highest BCUT2D eigenvalue weighted by Crippen LogP contribution is 2.40. The summed E-state index contributed by atoms with van der Waals surface area (Å²) in [6, 6.07) is 6.63. The van der Waals surface area contributed by atoms with Gasteiger partial charge in [0.15, 0.2) is 0 Å². The number of anilines is 3. The van der Waals surface area contributed by atoms with E-state index in [1.165, 1.54) is 35.1 Å². The molecule has 2 saturated heterocycles.